The smallest absolute Gasteiger partial charge is 0.176 e. The summed E-state index contributed by atoms with van der Waals surface area (Å²) in [6.07, 6.45) is 0.939. The lowest BCUT2D eigenvalue weighted by Crippen LogP contribution is -2.33. The third kappa shape index (κ3) is 3.99. The topological polar surface area (TPSA) is 44.1 Å². The molecule has 0 saturated carbocycles. The number of furan rings is 1. The van der Waals surface area contributed by atoms with Gasteiger partial charge in [0.05, 0.1) is 21.3 Å². The Labute approximate surface area is 198 Å². The van der Waals surface area contributed by atoms with E-state index < -0.39 is 0 Å². The van der Waals surface area contributed by atoms with E-state index in [4.69, 9.17) is 18.6 Å². The lowest BCUT2D eigenvalue weighted by atomic mass is 9.92. The molecule has 0 aliphatic carbocycles. The van der Waals surface area contributed by atoms with Gasteiger partial charge in [-0.05, 0) is 72.5 Å². The third-order valence-corrected chi connectivity index (χ3v) is 6.67. The van der Waals surface area contributed by atoms with Gasteiger partial charge in [-0.1, -0.05) is 12.1 Å². The maximum Gasteiger partial charge on any atom is 0.176 e. The van der Waals surface area contributed by atoms with Crippen LogP contribution >= 0.6 is 0 Å². The molecule has 6 heteroatoms. The van der Waals surface area contributed by atoms with Crippen LogP contribution < -0.4 is 14.2 Å². The van der Waals surface area contributed by atoms with Crippen molar-refractivity contribution in [3.05, 3.63) is 77.1 Å². The number of benzene rings is 3. The van der Waals surface area contributed by atoms with Gasteiger partial charge in [0.2, 0.25) is 0 Å². The van der Waals surface area contributed by atoms with Crippen molar-refractivity contribution < 1.29 is 23.0 Å². The highest BCUT2D eigenvalue weighted by Crippen LogP contribution is 2.40. The van der Waals surface area contributed by atoms with E-state index in [-0.39, 0.29) is 11.9 Å². The average Bonchev–Trinajstić information content (AvgIpc) is 3.29. The number of rotatable bonds is 6. The summed E-state index contributed by atoms with van der Waals surface area (Å²) in [5.74, 6) is 2.52. The quantitative estimate of drug-likeness (QED) is 0.333. The first-order valence-electron chi connectivity index (χ1n) is 11.4. The van der Waals surface area contributed by atoms with Crippen LogP contribution in [0.2, 0.25) is 0 Å². The zero-order valence-corrected chi connectivity index (χ0v) is 19.9. The first-order valence-corrected chi connectivity index (χ1v) is 11.4. The summed E-state index contributed by atoms with van der Waals surface area (Å²) in [4.78, 5) is 2.45. The first-order chi connectivity index (χ1) is 16.5. The molecule has 0 N–H and O–H groups in total. The Balaban J connectivity index is 1.46. The second-order valence-corrected chi connectivity index (χ2v) is 8.64. The third-order valence-electron chi connectivity index (χ3n) is 6.67. The van der Waals surface area contributed by atoms with Crippen molar-refractivity contribution in [2.75, 3.05) is 27.9 Å². The van der Waals surface area contributed by atoms with Gasteiger partial charge >= 0.3 is 0 Å². The van der Waals surface area contributed by atoms with E-state index in [1.807, 2.05) is 18.2 Å². The van der Waals surface area contributed by atoms with E-state index in [2.05, 4.69) is 30.0 Å². The fraction of sp³-hybridized carbons (Fsp3) is 0.286. The number of hydrogen-bond acceptors (Lipinski definition) is 5. The molecule has 2 heterocycles. The average molecular weight is 462 g/mol. The minimum atomic E-state index is -0.292. The van der Waals surface area contributed by atoms with E-state index in [0.717, 1.165) is 42.0 Å². The van der Waals surface area contributed by atoms with E-state index in [9.17, 15) is 4.39 Å². The molecule has 1 aliphatic rings. The summed E-state index contributed by atoms with van der Waals surface area (Å²) in [7, 11) is 4.98. The number of halogens is 1. The molecule has 0 bridgehead atoms. The number of methoxy groups -OCH3 is 3. The summed E-state index contributed by atoms with van der Waals surface area (Å²) in [5.41, 5.74) is 5.05. The Morgan fingerprint density at radius 2 is 1.71 bits per heavy atom. The molecule has 0 spiro atoms. The Morgan fingerprint density at radius 3 is 2.44 bits per heavy atom. The normalized spacial score (nSPS) is 15.9. The van der Waals surface area contributed by atoms with Crippen molar-refractivity contribution in [2.24, 2.45) is 0 Å². The second kappa shape index (κ2) is 9.03. The van der Waals surface area contributed by atoms with Crippen molar-refractivity contribution in [1.82, 2.24) is 4.90 Å². The second-order valence-electron chi connectivity index (χ2n) is 8.64. The van der Waals surface area contributed by atoms with Crippen LogP contribution in [0.1, 0.15) is 29.7 Å². The van der Waals surface area contributed by atoms with Crippen LogP contribution in [-0.4, -0.2) is 32.8 Å². The largest absolute Gasteiger partial charge is 0.493 e. The van der Waals surface area contributed by atoms with Crippen LogP contribution in [0, 0.1) is 5.82 Å². The van der Waals surface area contributed by atoms with Crippen molar-refractivity contribution in [1.29, 1.82) is 0 Å². The Morgan fingerprint density at radius 1 is 0.941 bits per heavy atom. The van der Waals surface area contributed by atoms with Gasteiger partial charge in [-0.25, -0.2) is 4.39 Å². The van der Waals surface area contributed by atoms with Crippen LogP contribution in [-0.2, 0) is 13.0 Å². The predicted molar refractivity (Wildman–Crippen MR) is 130 cm³/mol. The molecule has 1 atom stereocenters. The van der Waals surface area contributed by atoms with Gasteiger partial charge in [0.15, 0.2) is 22.8 Å². The van der Waals surface area contributed by atoms with Crippen LogP contribution in [0.5, 0.6) is 17.2 Å². The van der Waals surface area contributed by atoms with Crippen molar-refractivity contribution in [3.63, 3.8) is 0 Å². The highest BCUT2D eigenvalue weighted by atomic mass is 19.1. The molecule has 34 heavy (non-hydrogen) atoms. The van der Waals surface area contributed by atoms with E-state index in [1.165, 1.54) is 23.3 Å². The summed E-state index contributed by atoms with van der Waals surface area (Å²) >= 11 is 0. The van der Waals surface area contributed by atoms with Gasteiger partial charge in [0.1, 0.15) is 11.6 Å². The molecule has 1 aliphatic heterocycles. The van der Waals surface area contributed by atoms with Gasteiger partial charge in [0.25, 0.3) is 0 Å². The van der Waals surface area contributed by atoms with E-state index in [1.54, 1.807) is 27.4 Å². The Hall–Kier alpha value is -3.51. The molecule has 3 aromatic carbocycles. The number of nitrogens with zero attached hydrogens (tertiary/aromatic N) is 1. The van der Waals surface area contributed by atoms with Crippen LogP contribution in [0.3, 0.4) is 0 Å². The fourth-order valence-electron chi connectivity index (χ4n) is 4.85. The highest BCUT2D eigenvalue weighted by molar-refractivity contribution is 5.88. The maximum atomic E-state index is 13.7. The van der Waals surface area contributed by atoms with Crippen LogP contribution in [0.25, 0.3) is 22.3 Å². The summed E-state index contributed by atoms with van der Waals surface area (Å²) in [6.45, 7) is 3.92. The highest BCUT2D eigenvalue weighted by Gasteiger charge is 2.26. The van der Waals surface area contributed by atoms with E-state index in [0.29, 0.717) is 22.7 Å². The Kier molecular flexibility index (Phi) is 5.92. The molecule has 5 nitrogen and oxygen atoms in total. The molecule has 5 rings (SSSR count). The number of hydrogen-bond donors (Lipinski definition) is 0. The summed E-state index contributed by atoms with van der Waals surface area (Å²) in [5, 5.41) is 0.935. The molecule has 1 unspecified atom stereocenters. The van der Waals surface area contributed by atoms with Crippen molar-refractivity contribution >= 4 is 11.0 Å². The molecule has 0 fully saturated rings. The minimum absolute atomic E-state index is 0.220. The lowest BCUT2D eigenvalue weighted by molar-refractivity contribution is 0.188. The van der Waals surface area contributed by atoms with Crippen molar-refractivity contribution in [3.8, 4) is 28.6 Å². The molecule has 1 aromatic heterocycles. The minimum Gasteiger partial charge on any atom is -0.493 e. The number of fused-ring (bicyclic) bond motifs is 2. The Bertz CT molecular complexity index is 1350. The van der Waals surface area contributed by atoms with Gasteiger partial charge in [-0.2, -0.15) is 0 Å². The number of ether oxygens (including phenoxy) is 3. The van der Waals surface area contributed by atoms with Gasteiger partial charge in [-0.3, -0.25) is 4.90 Å². The molecular formula is C28H28FNO4. The molecule has 0 saturated heterocycles. The van der Waals surface area contributed by atoms with E-state index >= 15 is 0 Å². The van der Waals surface area contributed by atoms with Crippen molar-refractivity contribution in [2.45, 2.75) is 25.9 Å². The summed E-state index contributed by atoms with van der Waals surface area (Å²) in [6, 6.07) is 16.9. The standard InChI is InChI=1S/C28H28FNO4/c1-17-23-15-26(32-3)25(31-2)13-19(23)8-9-30(17)16-18-10-21-14-24(20-6-5-7-22(29)12-20)34-28(21)27(11-18)33-4/h5-7,10-15,17H,8-9,16H2,1-4H3. The van der Waals surface area contributed by atoms with Gasteiger partial charge in [-0.15, -0.1) is 0 Å². The fourth-order valence-corrected chi connectivity index (χ4v) is 4.85. The van der Waals surface area contributed by atoms with Crippen LogP contribution in [0.4, 0.5) is 4.39 Å². The first kappa shape index (κ1) is 22.3. The molecule has 0 amide bonds. The lowest BCUT2D eigenvalue weighted by Gasteiger charge is -2.35. The molecule has 176 valence electrons. The van der Waals surface area contributed by atoms with Crippen LogP contribution in [0.15, 0.2) is 59.0 Å². The zero-order valence-electron chi connectivity index (χ0n) is 19.9. The monoisotopic (exact) mass is 461 g/mol. The predicted octanol–water partition coefficient (Wildman–Crippen LogP) is 6.38. The summed E-state index contributed by atoms with van der Waals surface area (Å²) < 4.78 is 36.5. The zero-order chi connectivity index (χ0) is 23.8. The molecular weight excluding hydrogens is 433 g/mol. The maximum absolute atomic E-state index is 13.7. The SMILES string of the molecule is COc1cc2c(cc1OC)C(C)N(Cc1cc(OC)c3oc(-c4cccc(F)c4)cc3c1)CC2. The molecule has 4 aromatic rings. The van der Waals surface area contributed by atoms with Gasteiger partial charge < -0.3 is 18.6 Å². The molecule has 0 radical (unpaired) electrons. The van der Waals surface area contributed by atoms with Gasteiger partial charge in [0, 0.05) is 30.1 Å².